The molecule has 0 aliphatic carbocycles. The van der Waals surface area contributed by atoms with E-state index in [1.54, 1.807) is 0 Å². The molecule has 1 saturated heterocycles. The van der Waals surface area contributed by atoms with Crippen molar-refractivity contribution in [2.45, 2.75) is 17.7 Å². The van der Waals surface area contributed by atoms with E-state index in [0.29, 0.717) is 12.8 Å². The van der Waals surface area contributed by atoms with Gasteiger partial charge in [0.25, 0.3) is 0 Å². The lowest BCUT2D eigenvalue weighted by atomic mass is 10.0. The van der Waals surface area contributed by atoms with Gasteiger partial charge in [-0.05, 0) is 31.0 Å². The second-order valence-electron chi connectivity index (χ2n) is 5.73. The zero-order valence-corrected chi connectivity index (χ0v) is 15.1. The van der Waals surface area contributed by atoms with Crippen molar-refractivity contribution in [2.24, 2.45) is 5.92 Å². The van der Waals surface area contributed by atoms with Crippen LogP contribution in [-0.2, 0) is 24.3 Å². The third-order valence-electron chi connectivity index (χ3n) is 4.16. The lowest BCUT2D eigenvalue weighted by molar-refractivity contribution is -0.142. The molecule has 0 saturated carbocycles. The number of ether oxygens (including phenoxy) is 2. The number of piperidine rings is 1. The van der Waals surface area contributed by atoms with E-state index in [2.05, 4.69) is 9.47 Å². The Morgan fingerprint density at radius 3 is 2.38 bits per heavy atom. The van der Waals surface area contributed by atoms with Crippen LogP contribution in [0.2, 0.25) is 0 Å². The lowest BCUT2D eigenvalue weighted by Crippen LogP contribution is -2.42. The van der Waals surface area contributed by atoms with E-state index in [4.69, 9.17) is 5.11 Å². The fraction of sp³-hybridized carbons (Fsp3) is 0.438. The molecule has 26 heavy (non-hydrogen) atoms. The summed E-state index contributed by atoms with van der Waals surface area (Å²) in [6, 6.07) is 3.47. The van der Waals surface area contributed by atoms with Gasteiger partial charge < -0.3 is 14.6 Å². The molecule has 142 valence electrons. The number of carbonyl (C=O) groups excluding carboxylic acids is 2. The van der Waals surface area contributed by atoms with Crippen LogP contribution in [0.3, 0.4) is 0 Å². The Balaban J connectivity index is 2.53. The smallest absolute Gasteiger partial charge is 0.339 e. The largest absolute Gasteiger partial charge is 0.481 e. The molecule has 1 fully saturated rings. The SMILES string of the molecule is COC(=O)c1ccc(C(=O)OC)c(S(=O)(=O)N2CCCC(C(=O)O)C2)c1. The number of methoxy groups -OCH3 is 2. The first-order chi connectivity index (χ1) is 12.2. The van der Waals surface area contributed by atoms with E-state index in [1.807, 2.05) is 0 Å². The number of hydrogen-bond donors (Lipinski definition) is 1. The maximum atomic E-state index is 13.0. The Kier molecular flexibility index (Phi) is 5.98. The molecule has 10 heteroatoms. The lowest BCUT2D eigenvalue weighted by Gasteiger charge is -2.30. The molecule has 1 aromatic carbocycles. The van der Waals surface area contributed by atoms with Crippen LogP contribution in [-0.4, -0.2) is 63.0 Å². The molecule has 1 aliphatic heterocycles. The van der Waals surface area contributed by atoms with Crippen molar-refractivity contribution in [2.75, 3.05) is 27.3 Å². The third-order valence-corrected chi connectivity index (χ3v) is 6.06. The number of carboxylic acid groups (broad SMARTS) is 1. The van der Waals surface area contributed by atoms with Crippen LogP contribution in [0.15, 0.2) is 23.1 Å². The van der Waals surface area contributed by atoms with E-state index in [1.165, 1.54) is 12.1 Å². The van der Waals surface area contributed by atoms with Crippen LogP contribution in [0.5, 0.6) is 0 Å². The van der Waals surface area contributed by atoms with Crippen molar-refractivity contribution >= 4 is 27.9 Å². The highest BCUT2D eigenvalue weighted by molar-refractivity contribution is 7.89. The number of benzene rings is 1. The summed E-state index contributed by atoms with van der Waals surface area (Å²) in [7, 11) is -1.97. The van der Waals surface area contributed by atoms with E-state index in [9.17, 15) is 22.8 Å². The molecule has 0 aromatic heterocycles. The van der Waals surface area contributed by atoms with Crippen molar-refractivity contribution in [1.82, 2.24) is 4.31 Å². The van der Waals surface area contributed by atoms with Gasteiger partial charge in [0.15, 0.2) is 0 Å². The number of carboxylic acids is 1. The summed E-state index contributed by atoms with van der Waals surface area (Å²) in [4.78, 5) is 34.5. The van der Waals surface area contributed by atoms with Gasteiger partial charge in [-0.15, -0.1) is 0 Å². The summed E-state index contributed by atoms with van der Waals surface area (Å²) in [6.45, 7) is -0.0874. The number of rotatable bonds is 5. The second kappa shape index (κ2) is 7.83. The summed E-state index contributed by atoms with van der Waals surface area (Å²) in [5.74, 6) is -3.56. The van der Waals surface area contributed by atoms with Crippen molar-refractivity contribution in [3.63, 3.8) is 0 Å². The first-order valence-electron chi connectivity index (χ1n) is 7.76. The number of esters is 2. The third kappa shape index (κ3) is 3.86. The molecule has 2 rings (SSSR count). The van der Waals surface area contributed by atoms with Crippen molar-refractivity contribution in [3.05, 3.63) is 29.3 Å². The van der Waals surface area contributed by atoms with Gasteiger partial charge in [-0.1, -0.05) is 0 Å². The fourth-order valence-corrected chi connectivity index (χ4v) is 4.49. The average Bonchev–Trinajstić information content (AvgIpc) is 2.66. The van der Waals surface area contributed by atoms with E-state index >= 15 is 0 Å². The molecular weight excluding hydrogens is 366 g/mol. The summed E-state index contributed by atoms with van der Waals surface area (Å²) in [5.41, 5.74) is -0.289. The van der Waals surface area contributed by atoms with Crippen LogP contribution in [0.4, 0.5) is 0 Å². The maximum Gasteiger partial charge on any atom is 0.339 e. The Hall–Kier alpha value is -2.46. The maximum absolute atomic E-state index is 13.0. The number of hydrogen-bond acceptors (Lipinski definition) is 7. The standard InChI is InChI=1S/C16H19NO8S/c1-24-15(20)10-5-6-12(16(21)25-2)13(8-10)26(22,23)17-7-3-4-11(9-17)14(18)19/h5-6,8,11H,3-4,7,9H2,1-2H3,(H,18,19). The van der Waals surface area contributed by atoms with Gasteiger partial charge in [-0.25, -0.2) is 18.0 Å². The number of nitrogens with zero attached hydrogens (tertiary/aromatic N) is 1. The second-order valence-corrected chi connectivity index (χ2v) is 7.64. The van der Waals surface area contributed by atoms with Crippen LogP contribution in [0.25, 0.3) is 0 Å². The summed E-state index contributed by atoms with van der Waals surface area (Å²) in [6.07, 6.45) is 0.744. The van der Waals surface area contributed by atoms with E-state index in [0.717, 1.165) is 24.6 Å². The highest BCUT2D eigenvalue weighted by Crippen LogP contribution is 2.27. The Labute approximate surface area is 150 Å². The molecule has 1 atom stereocenters. The van der Waals surface area contributed by atoms with Crippen LogP contribution in [0.1, 0.15) is 33.6 Å². The predicted octanol–water partition coefficient (Wildman–Crippen LogP) is 0.745. The number of carbonyl (C=O) groups is 3. The first kappa shape index (κ1) is 19.9. The monoisotopic (exact) mass is 385 g/mol. The van der Waals surface area contributed by atoms with Crippen LogP contribution >= 0.6 is 0 Å². The van der Waals surface area contributed by atoms with Gasteiger partial charge in [-0.3, -0.25) is 4.79 Å². The van der Waals surface area contributed by atoms with Gasteiger partial charge in [-0.2, -0.15) is 4.31 Å². The normalized spacial score (nSPS) is 18.2. The molecule has 1 unspecified atom stereocenters. The molecule has 0 bridgehead atoms. The van der Waals surface area contributed by atoms with Gasteiger partial charge in [0, 0.05) is 13.1 Å². The zero-order chi connectivity index (χ0) is 19.5. The Bertz CT molecular complexity index is 833. The first-order valence-corrected chi connectivity index (χ1v) is 9.20. The van der Waals surface area contributed by atoms with Crippen molar-refractivity contribution in [3.8, 4) is 0 Å². The van der Waals surface area contributed by atoms with E-state index in [-0.39, 0.29) is 24.2 Å². The Morgan fingerprint density at radius 2 is 1.81 bits per heavy atom. The van der Waals surface area contributed by atoms with Gasteiger partial charge in [0.2, 0.25) is 10.0 Å². The van der Waals surface area contributed by atoms with Gasteiger partial charge in [0.1, 0.15) is 0 Å². The number of aliphatic carboxylic acids is 1. The summed E-state index contributed by atoms with van der Waals surface area (Å²) >= 11 is 0. The predicted molar refractivity (Wildman–Crippen MR) is 88.2 cm³/mol. The summed E-state index contributed by atoms with van der Waals surface area (Å²) < 4.78 is 36.3. The van der Waals surface area contributed by atoms with Crippen LogP contribution in [0, 0.1) is 5.92 Å². The molecule has 9 nitrogen and oxygen atoms in total. The quantitative estimate of drug-likeness (QED) is 0.736. The molecule has 1 heterocycles. The molecule has 0 radical (unpaired) electrons. The van der Waals surface area contributed by atoms with Gasteiger partial charge >= 0.3 is 17.9 Å². The highest BCUT2D eigenvalue weighted by atomic mass is 32.2. The van der Waals surface area contributed by atoms with Crippen molar-refractivity contribution in [1.29, 1.82) is 0 Å². The van der Waals surface area contributed by atoms with Crippen molar-refractivity contribution < 1.29 is 37.4 Å². The topological polar surface area (TPSA) is 127 Å². The minimum atomic E-state index is -4.22. The molecule has 0 spiro atoms. The molecule has 0 amide bonds. The highest BCUT2D eigenvalue weighted by Gasteiger charge is 2.36. The minimum Gasteiger partial charge on any atom is -0.481 e. The van der Waals surface area contributed by atoms with Gasteiger partial charge in [0.05, 0.1) is 36.2 Å². The molecule has 1 N–H and O–H groups in total. The van der Waals surface area contributed by atoms with Crippen LogP contribution < -0.4 is 0 Å². The minimum absolute atomic E-state index is 0.0504. The Morgan fingerprint density at radius 1 is 1.15 bits per heavy atom. The number of sulfonamides is 1. The fourth-order valence-electron chi connectivity index (χ4n) is 2.76. The zero-order valence-electron chi connectivity index (χ0n) is 14.3. The van der Waals surface area contributed by atoms with E-state index < -0.39 is 38.7 Å². The molecular formula is C16H19NO8S. The molecule has 1 aromatic rings. The average molecular weight is 385 g/mol. The summed E-state index contributed by atoms with van der Waals surface area (Å²) in [5, 5.41) is 9.17. The molecule has 1 aliphatic rings.